The van der Waals surface area contributed by atoms with Crippen LogP contribution in [0.5, 0.6) is 0 Å². The first kappa shape index (κ1) is 11.7. The topological polar surface area (TPSA) is 12.5 Å². The van der Waals surface area contributed by atoms with E-state index in [4.69, 9.17) is 16.3 Å². The summed E-state index contributed by atoms with van der Waals surface area (Å²) in [4.78, 5) is 2.54. The number of hydrogen-bond acceptors (Lipinski definition) is 2. The Kier molecular flexibility index (Phi) is 4.30. The summed E-state index contributed by atoms with van der Waals surface area (Å²) in [5.41, 5.74) is 0. The predicted octanol–water partition coefficient (Wildman–Crippen LogP) is 2.65. The Morgan fingerprint density at radius 1 is 1.27 bits per heavy atom. The third kappa shape index (κ3) is 3.08. The van der Waals surface area contributed by atoms with Gasteiger partial charge in [0.1, 0.15) is 0 Å². The van der Waals surface area contributed by atoms with E-state index in [0.717, 1.165) is 12.4 Å². The van der Waals surface area contributed by atoms with Gasteiger partial charge in [0.25, 0.3) is 0 Å². The molecule has 88 valence electrons. The van der Waals surface area contributed by atoms with Crippen LogP contribution in [0.3, 0.4) is 0 Å². The number of nitrogens with zero attached hydrogens (tertiary/aromatic N) is 1. The average Bonchev–Trinajstić information content (AvgIpc) is 2.65. The van der Waals surface area contributed by atoms with Crippen molar-refractivity contribution in [3.63, 3.8) is 0 Å². The number of likely N-dealkylation sites (tertiary alicyclic amines) is 1. The predicted molar refractivity (Wildman–Crippen MR) is 63.5 cm³/mol. The highest BCUT2D eigenvalue weighted by Gasteiger charge is 2.28. The first-order chi connectivity index (χ1) is 7.29. The molecule has 15 heavy (non-hydrogen) atoms. The molecule has 3 atom stereocenters. The maximum absolute atomic E-state index is 6.01. The molecule has 0 bridgehead atoms. The van der Waals surface area contributed by atoms with Crippen LogP contribution in [-0.2, 0) is 4.74 Å². The van der Waals surface area contributed by atoms with E-state index in [-0.39, 0.29) is 0 Å². The second kappa shape index (κ2) is 5.51. The first-order valence-electron chi connectivity index (χ1n) is 6.25. The molecule has 2 saturated heterocycles. The van der Waals surface area contributed by atoms with Crippen molar-refractivity contribution in [1.29, 1.82) is 0 Å². The molecule has 0 aromatic carbocycles. The molecule has 0 saturated carbocycles. The second-order valence-corrected chi connectivity index (χ2v) is 5.25. The second-order valence-electron chi connectivity index (χ2n) is 4.94. The van der Waals surface area contributed by atoms with Gasteiger partial charge in [0.2, 0.25) is 0 Å². The van der Waals surface area contributed by atoms with Gasteiger partial charge in [-0.2, -0.15) is 0 Å². The highest BCUT2D eigenvalue weighted by molar-refractivity contribution is 6.18. The van der Waals surface area contributed by atoms with E-state index < -0.39 is 0 Å². The minimum atomic E-state index is 0.462. The third-order valence-electron chi connectivity index (χ3n) is 3.69. The van der Waals surface area contributed by atoms with Crippen LogP contribution in [-0.4, -0.2) is 42.1 Å². The molecule has 0 aliphatic carbocycles. The van der Waals surface area contributed by atoms with Crippen molar-refractivity contribution >= 4 is 11.6 Å². The molecule has 2 nitrogen and oxygen atoms in total. The molecule has 3 unspecified atom stereocenters. The van der Waals surface area contributed by atoms with Gasteiger partial charge < -0.3 is 4.74 Å². The van der Waals surface area contributed by atoms with Gasteiger partial charge in [-0.05, 0) is 39.2 Å². The van der Waals surface area contributed by atoms with Crippen LogP contribution < -0.4 is 0 Å². The van der Waals surface area contributed by atoms with E-state index in [0.29, 0.717) is 18.2 Å². The number of hydrogen-bond donors (Lipinski definition) is 0. The summed E-state index contributed by atoms with van der Waals surface area (Å²) < 4.78 is 5.87. The van der Waals surface area contributed by atoms with Gasteiger partial charge in [-0.15, -0.1) is 11.6 Å². The van der Waals surface area contributed by atoms with Crippen molar-refractivity contribution in [1.82, 2.24) is 4.90 Å². The minimum Gasteiger partial charge on any atom is -0.374 e. The fraction of sp³-hybridized carbons (Fsp3) is 1.00. The maximum atomic E-state index is 6.01. The Balaban J connectivity index is 1.81. The van der Waals surface area contributed by atoms with Crippen LogP contribution in [0.2, 0.25) is 0 Å². The summed E-state index contributed by atoms with van der Waals surface area (Å²) in [7, 11) is 0. The molecule has 2 rings (SSSR count). The van der Waals surface area contributed by atoms with E-state index in [9.17, 15) is 0 Å². The zero-order valence-electron chi connectivity index (χ0n) is 9.62. The molecule has 0 aromatic heterocycles. The van der Waals surface area contributed by atoms with Crippen molar-refractivity contribution in [3.8, 4) is 0 Å². The Bertz CT molecular complexity index is 200. The molecule has 2 aliphatic rings. The van der Waals surface area contributed by atoms with E-state index in [1.165, 1.54) is 38.6 Å². The molecule has 2 heterocycles. The molecular formula is C12H22ClNO. The number of ether oxygens (including phenoxy) is 1. The lowest BCUT2D eigenvalue weighted by molar-refractivity contribution is 0.0168. The van der Waals surface area contributed by atoms with Crippen LogP contribution >= 0.6 is 11.6 Å². The molecule has 0 spiro atoms. The largest absolute Gasteiger partial charge is 0.374 e. The Morgan fingerprint density at radius 2 is 2.13 bits per heavy atom. The summed E-state index contributed by atoms with van der Waals surface area (Å²) in [5.74, 6) is 0.780. The molecule has 3 heteroatoms. The Morgan fingerprint density at radius 3 is 2.80 bits per heavy atom. The van der Waals surface area contributed by atoms with E-state index >= 15 is 0 Å². The molecule has 2 fully saturated rings. The van der Waals surface area contributed by atoms with Crippen LogP contribution in [0, 0.1) is 0 Å². The fourth-order valence-electron chi connectivity index (χ4n) is 2.76. The first-order valence-corrected chi connectivity index (χ1v) is 6.78. The molecular weight excluding hydrogens is 210 g/mol. The van der Waals surface area contributed by atoms with Gasteiger partial charge >= 0.3 is 0 Å². The van der Waals surface area contributed by atoms with Crippen molar-refractivity contribution in [3.05, 3.63) is 0 Å². The van der Waals surface area contributed by atoms with Crippen LogP contribution in [0.15, 0.2) is 0 Å². The minimum absolute atomic E-state index is 0.462. The van der Waals surface area contributed by atoms with E-state index in [1.807, 2.05) is 0 Å². The fourth-order valence-corrected chi connectivity index (χ4v) is 3.11. The number of piperidine rings is 1. The third-order valence-corrected chi connectivity index (χ3v) is 4.04. The number of rotatable bonds is 3. The maximum Gasteiger partial charge on any atom is 0.0706 e. The van der Waals surface area contributed by atoms with E-state index in [1.54, 1.807) is 0 Å². The van der Waals surface area contributed by atoms with Crippen molar-refractivity contribution in [2.45, 2.75) is 57.3 Å². The summed E-state index contributed by atoms with van der Waals surface area (Å²) in [6.45, 7) is 4.49. The van der Waals surface area contributed by atoms with Crippen LogP contribution in [0.4, 0.5) is 0 Å². The lowest BCUT2D eigenvalue weighted by Crippen LogP contribution is -2.44. The zero-order chi connectivity index (χ0) is 10.7. The average molecular weight is 232 g/mol. The number of alkyl halides is 1. The summed E-state index contributed by atoms with van der Waals surface area (Å²) in [6.07, 6.45) is 7.33. The van der Waals surface area contributed by atoms with Gasteiger partial charge in [0.15, 0.2) is 0 Å². The van der Waals surface area contributed by atoms with Gasteiger partial charge in [0.05, 0.1) is 12.2 Å². The quantitative estimate of drug-likeness (QED) is 0.693. The molecule has 0 aromatic rings. The number of halogens is 1. The molecule has 0 amide bonds. The lowest BCUT2D eigenvalue weighted by Gasteiger charge is -2.36. The summed E-state index contributed by atoms with van der Waals surface area (Å²) in [5, 5.41) is 0. The Labute approximate surface area is 97.9 Å². The SMILES string of the molecule is CC1CCC(CN2CCCCC2CCl)O1. The zero-order valence-corrected chi connectivity index (χ0v) is 10.4. The monoisotopic (exact) mass is 231 g/mol. The van der Waals surface area contributed by atoms with Gasteiger partial charge in [-0.3, -0.25) is 4.90 Å². The van der Waals surface area contributed by atoms with E-state index in [2.05, 4.69) is 11.8 Å². The highest BCUT2D eigenvalue weighted by Crippen LogP contribution is 2.24. The smallest absolute Gasteiger partial charge is 0.0706 e. The Hall–Kier alpha value is 0.210. The van der Waals surface area contributed by atoms with Gasteiger partial charge in [0, 0.05) is 18.5 Å². The lowest BCUT2D eigenvalue weighted by atomic mass is 10.0. The van der Waals surface area contributed by atoms with Crippen LogP contribution in [0.25, 0.3) is 0 Å². The van der Waals surface area contributed by atoms with Crippen molar-refractivity contribution < 1.29 is 4.74 Å². The normalized spacial score (nSPS) is 38.4. The summed E-state index contributed by atoms with van der Waals surface area (Å²) >= 11 is 6.01. The standard InChI is InChI=1S/C12H22ClNO/c1-10-5-6-12(15-10)9-14-7-3-2-4-11(14)8-13/h10-12H,2-9H2,1H3. The highest BCUT2D eigenvalue weighted by atomic mass is 35.5. The van der Waals surface area contributed by atoms with Gasteiger partial charge in [-0.1, -0.05) is 6.42 Å². The van der Waals surface area contributed by atoms with Gasteiger partial charge in [-0.25, -0.2) is 0 Å². The molecule has 0 radical (unpaired) electrons. The molecule has 2 aliphatic heterocycles. The molecule has 0 N–H and O–H groups in total. The van der Waals surface area contributed by atoms with Crippen LogP contribution in [0.1, 0.15) is 39.0 Å². The van der Waals surface area contributed by atoms with Crippen molar-refractivity contribution in [2.75, 3.05) is 19.0 Å². The van der Waals surface area contributed by atoms with Crippen molar-refractivity contribution in [2.24, 2.45) is 0 Å². The summed E-state index contributed by atoms with van der Waals surface area (Å²) in [6, 6.07) is 0.597.